The van der Waals surface area contributed by atoms with Gasteiger partial charge in [0, 0.05) is 15.0 Å². The van der Waals surface area contributed by atoms with Crippen molar-refractivity contribution in [2.45, 2.75) is 32.0 Å². The van der Waals surface area contributed by atoms with Crippen molar-refractivity contribution in [3.05, 3.63) is 104 Å². The molecule has 0 fully saturated rings. The number of nitrogens with two attached hydrogens (primary N) is 3. The molecule has 0 saturated heterocycles. The van der Waals surface area contributed by atoms with E-state index in [4.69, 9.17) is 17.2 Å². The molecule has 0 saturated carbocycles. The lowest BCUT2D eigenvalue weighted by molar-refractivity contribution is -0.138. The van der Waals surface area contributed by atoms with E-state index in [2.05, 4.69) is 44.0 Å². The summed E-state index contributed by atoms with van der Waals surface area (Å²) in [5, 5.41) is 0. The fourth-order valence-electron chi connectivity index (χ4n) is 2.87. The first-order valence-corrected chi connectivity index (χ1v) is 12.0. The molecule has 0 aromatic heterocycles. The number of hydrogen-bond acceptors (Lipinski definition) is 3. The Kier molecular flexibility index (Phi) is 13.5. The molecule has 33 heavy (non-hydrogen) atoms. The van der Waals surface area contributed by atoms with Crippen LogP contribution in [0.3, 0.4) is 0 Å². The monoisotopic (exact) mass is 587 g/mol. The van der Waals surface area contributed by atoms with Crippen molar-refractivity contribution in [2.24, 2.45) is 17.2 Å². The number of halogens is 5. The number of hydrogen-bond donors (Lipinski definition) is 3. The van der Waals surface area contributed by atoms with E-state index >= 15 is 0 Å². The fourth-order valence-corrected chi connectivity index (χ4v) is 3.97. The van der Waals surface area contributed by atoms with E-state index in [1.165, 1.54) is 17.7 Å². The first-order valence-electron chi connectivity index (χ1n) is 10.4. The lowest BCUT2D eigenvalue weighted by Gasteiger charge is -2.11. The highest BCUT2D eigenvalue weighted by Gasteiger charge is 2.32. The molecule has 8 heteroatoms. The third-order valence-electron chi connectivity index (χ3n) is 4.45. The molecule has 180 valence electrons. The normalized spacial score (nSPS) is 11.5. The minimum Gasteiger partial charge on any atom is -0.330 e. The van der Waals surface area contributed by atoms with Crippen molar-refractivity contribution in [1.29, 1.82) is 0 Å². The summed E-state index contributed by atoms with van der Waals surface area (Å²) in [7, 11) is 0. The summed E-state index contributed by atoms with van der Waals surface area (Å²) in [6.45, 7) is 2.92. The Labute approximate surface area is 210 Å². The molecule has 3 aromatic carbocycles. The average molecular weight is 589 g/mol. The molecule has 3 rings (SSSR count). The maximum atomic E-state index is 12.3. The SMILES string of the molecule is CC(N)c1ccccc1Br.NCCc1cccc(Br)c1.NCCc1ccccc1C(F)(F)F. The predicted molar refractivity (Wildman–Crippen MR) is 138 cm³/mol. The van der Waals surface area contributed by atoms with Crippen molar-refractivity contribution < 1.29 is 13.2 Å². The highest BCUT2D eigenvalue weighted by molar-refractivity contribution is 9.10. The van der Waals surface area contributed by atoms with Crippen molar-refractivity contribution >= 4 is 31.9 Å². The van der Waals surface area contributed by atoms with Gasteiger partial charge in [0.2, 0.25) is 0 Å². The van der Waals surface area contributed by atoms with Gasteiger partial charge in [0.15, 0.2) is 0 Å². The van der Waals surface area contributed by atoms with Crippen LogP contribution in [0, 0.1) is 0 Å². The van der Waals surface area contributed by atoms with Crippen molar-refractivity contribution in [3.8, 4) is 0 Å². The second-order valence-corrected chi connectivity index (χ2v) is 8.94. The summed E-state index contributed by atoms with van der Waals surface area (Å²) in [5.41, 5.74) is 18.4. The summed E-state index contributed by atoms with van der Waals surface area (Å²) in [5.74, 6) is 0. The van der Waals surface area contributed by atoms with Gasteiger partial charge in [0.05, 0.1) is 5.56 Å². The Morgan fingerprint density at radius 2 is 1.42 bits per heavy atom. The van der Waals surface area contributed by atoms with E-state index in [0.717, 1.165) is 33.5 Å². The summed E-state index contributed by atoms with van der Waals surface area (Å²) in [6.07, 6.45) is -3.05. The van der Waals surface area contributed by atoms with Gasteiger partial charge in [-0.05, 0) is 73.8 Å². The van der Waals surface area contributed by atoms with Crippen molar-refractivity contribution in [2.75, 3.05) is 13.1 Å². The Morgan fingerprint density at radius 1 is 0.818 bits per heavy atom. The van der Waals surface area contributed by atoms with Crippen molar-refractivity contribution in [1.82, 2.24) is 0 Å². The second kappa shape index (κ2) is 15.2. The molecule has 0 aliphatic heterocycles. The smallest absolute Gasteiger partial charge is 0.330 e. The molecule has 0 radical (unpaired) electrons. The van der Waals surface area contributed by atoms with E-state index in [9.17, 15) is 13.2 Å². The maximum absolute atomic E-state index is 12.3. The van der Waals surface area contributed by atoms with Gasteiger partial charge in [-0.1, -0.05) is 80.4 Å². The minimum absolute atomic E-state index is 0.107. The molecule has 0 heterocycles. The summed E-state index contributed by atoms with van der Waals surface area (Å²) < 4.78 is 39.2. The molecule has 0 spiro atoms. The van der Waals surface area contributed by atoms with Crippen LogP contribution < -0.4 is 17.2 Å². The quantitative estimate of drug-likeness (QED) is 0.313. The highest BCUT2D eigenvalue weighted by Crippen LogP contribution is 2.31. The van der Waals surface area contributed by atoms with Gasteiger partial charge < -0.3 is 17.2 Å². The zero-order valence-electron chi connectivity index (χ0n) is 18.5. The predicted octanol–water partition coefficient (Wildman–Crippen LogP) is 6.63. The summed E-state index contributed by atoms with van der Waals surface area (Å²) in [4.78, 5) is 0. The second-order valence-electron chi connectivity index (χ2n) is 7.17. The highest BCUT2D eigenvalue weighted by atomic mass is 79.9. The third-order valence-corrected chi connectivity index (χ3v) is 5.67. The van der Waals surface area contributed by atoms with Gasteiger partial charge in [-0.15, -0.1) is 0 Å². The summed E-state index contributed by atoms with van der Waals surface area (Å²) in [6, 6.07) is 21.8. The van der Waals surface area contributed by atoms with Crippen LogP contribution in [0.15, 0.2) is 81.7 Å². The van der Waals surface area contributed by atoms with E-state index in [-0.39, 0.29) is 24.6 Å². The molecule has 1 unspecified atom stereocenters. The Bertz CT molecular complexity index is 963. The van der Waals surface area contributed by atoms with Crippen LogP contribution in [0.4, 0.5) is 13.2 Å². The van der Waals surface area contributed by atoms with E-state index in [1.807, 2.05) is 43.3 Å². The van der Waals surface area contributed by atoms with Crippen LogP contribution in [-0.2, 0) is 19.0 Å². The molecule has 0 amide bonds. The first kappa shape index (κ1) is 29.3. The van der Waals surface area contributed by atoms with Gasteiger partial charge >= 0.3 is 6.18 Å². The lowest BCUT2D eigenvalue weighted by atomic mass is 10.0. The third kappa shape index (κ3) is 11.3. The van der Waals surface area contributed by atoms with E-state index in [0.29, 0.717) is 0 Å². The molecular formula is C25H30Br2F3N3. The first-order chi connectivity index (χ1) is 15.6. The van der Waals surface area contributed by atoms with Gasteiger partial charge in [0.25, 0.3) is 0 Å². The molecule has 6 N–H and O–H groups in total. The van der Waals surface area contributed by atoms with E-state index < -0.39 is 11.7 Å². The van der Waals surface area contributed by atoms with Gasteiger partial charge in [-0.2, -0.15) is 13.2 Å². The van der Waals surface area contributed by atoms with Crippen molar-refractivity contribution in [3.63, 3.8) is 0 Å². The van der Waals surface area contributed by atoms with Crippen LogP contribution in [0.2, 0.25) is 0 Å². The molecule has 1 atom stereocenters. The Morgan fingerprint density at radius 3 is 1.94 bits per heavy atom. The van der Waals surface area contributed by atoms with Gasteiger partial charge in [0.1, 0.15) is 0 Å². The summed E-state index contributed by atoms with van der Waals surface area (Å²) >= 11 is 6.81. The topological polar surface area (TPSA) is 78.1 Å². The maximum Gasteiger partial charge on any atom is 0.416 e. The molecule has 0 aliphatic carbocycles. The van der Waals surface area contributed by atoms with Gasteiger partial charge in [-0.3, -0.25) is 0 Å². The average Bonchev–Trinajstić information content (AvgIpc) is 2.75. The lowest BCUT2D eigenvalue weighted by Crippen LogP contribution is -2.12. The standard InChI is InChI=1S/C9H10F3N.2C8H10BrN/c10-9(11,12)8-4-2-1-3-7(8)5-6-13;1-6(10)7-4-2-3-5-8(7)9;9-8-3-1-2-7(6-8)4-5-10/h1-4H,5-6,13H2;2-6H,10H2,1H3;1-3,6H,4-5,10H2. The zero-order valence-corrected chi connectivity index (χ0v) is 21.6. The zero-order chi connectivity index (χ0) is 24.9. The van der Waals surface area contributed by atoms with Gasteiger partial charge in [-0.25, -0.2) is 0 Å². The van der Waals surface area contributed by atoms with Crippen LogP contribution in [0.1, 0.15) is 35.2 Å². The molecule has 0 aliphatic rings. The molecule has 3 nitrogen and oxygen atoms in total. The molecular weight excluding hydrogens is 559 g/mol. The number of alkyl halides is 3. The molecule has 0 bridgehead atoms. The fraction of sp³-hybridized carbons (Fsp3) is 0.280. The number of rotatable bonds is 5. The Balaban J connectivity index is 0.000000251. The minimum atomic E-state index is -4.27. The van der Waals surface area contributed by atoms with Crippen LogP contribution in [0.5, 0.6) is 0 Å². The number of benzene rings is 3. The van der Waals surface area contributed by atoms with Crippen LogP contribution >= 0.6 is 31.9 Å². The molecule has 3 aromatic rings. The Hall–Kier alpha value is -1.71. The van der Waals surface area contributed by atoms with E-state index in [1.54, 1.807) is 6.07 Å². The van der Waals surface area contributed by atoms with Crippen LogP contribution in [-0.4, -0.2) is 13.1 Å². The largest absolute Gasteiger partial charge is 0.416 e. The van der Waals surface area contributed by atoms with Crippen LogP contribution in [0.25, 0.3) is 0 Å².